The molecule has 1 aromatic rings. The van der Waals surface area contributed by atoms with Crippen molar-refractivity contribution in [2.75, 3.05) is 6.54 Å². The topological polar surface area (TPSA) is 32.3 Å². The second-order valence-corrected chi connectivity index (χ2v) is 7.65. The summed E-state index contributed by atoms with van der Waals surface area (Å²) in [5, 5.41) is 5.63. The third-order valence-electron chi connectivity index (χ3n) is 4.97. The Balaban J connectivity index is 1.74. The molecule has 0 spiro atoms. The van der Waals surface area contributed by atoms with Gasteiger partial charge in [0.2, 0.25) is 5.91 Å². The SMILES string of the molecule is CCC1NC(c2cccs2)N(CC2CCCC(C)C2)C1=O. The average molecular weight is 306 g/mol. The highest BCUT2D eigenvalue weighted by Crippen LogP contribution is 2.34. The molecule has 0 bridgehead atoms. The summed E-state index contributed by atoms with van der Waals surface area (Å²) in [5.74, 6) is 1.79. The maximum absolute atomic E-state index is 12.7. The van der Waals surface area contributed by atoms with Crippen molar-refractivity contribution in [2.45, 2.75) is 58.2 Å². The third kappa shape index (κ3) is 3.16. The van der Waals surface area contributed by atoms with Crippen LogP contribution < -0.4 is 5.32 Å². The highest BCUT2D eigenvalue weighted by atomic mass is 32.1. The number of hydrogen-bond donors (Lipinski definition) is 1. The molecule has 1 aliphatic carbocycles. The molecule has 0 radical (unpaired) electrons. The average Bonchev–Trinajstić information content (AvgIpc) is 3.09. The summed E-state index contributed by atoms with van der Waals surface area (Å²) in [6.45, 7) is 5.37. The molecule has 2 fully saturated rings. The maximum atomic E-state index is 12.7. The molecule has 1 saturated carbocycles. The fourth-order valence-corrected chi connectivity index (χ4v) is 4.65. The normalized spacial score (nSPS) is 33.6. The number of carbonyl (C=O) groups excluding carboxylic acids is 1. The number of thiophene rings is 1. The molecular weight excluding hydrogens is 280 g/mol. The van der Waals surface area contributed by atoms with Crippen LogP contribution in [-0.4, -0.2) is 23.4 Å². The van der Waals surface area contributed by atoms with Crippen molar-refractivity contribution in [3.63, 3.8) is 0 Å². The Hall–Kier alpha value is -0.870. The Morgan fingerprint density at radius 2 is 2.29 bits per heavy atom. The first kappa shape index (κ1) is 15.0. The van der Waals surface area contributed by atoms with E-state index >= 15 is 0 Å². The summed E-state index contributed by atoms with van der Waals surface area (Å²) in [5.41, 5.74) is 0. The lowest BCUT2D eigenvalue weighted by Crippen LogP contribution is -2.36. The van der Waals surface area contributed by atoms with Crippen LogP contribution in [0.25, 0.3) is 0 Å². The number of carbonyl (C=O) groups is 1. The Kier molecular flexibility index (Phi) is 4.65. The van der Waals surface area contributed by atoms with Gasteiger partial charge in [0.25, 0.3) is 0 Å². The fraction of sp³-hybridized carbons (Fsp3) is 0.706. The van der Waals surface area contributed by atoms with Crippen molar-refractivity contribution in [3.8, 4) is 0 Å². The van der Waals surface area contributed by atoms with E-state index in [1.54, 1.807) is 11.3 Å². The van der Waals surface area contributed by atoms with E-state index in [0.717, 1.165) is 18.9 Å². The molecule has 4 atom stereocenters. The van der Waals surface area contributed by atoms with E-state index in [4.69, 9.17) is 0 Å². The van der Waals surface area contributed by atoms with Crippen LogP contribution in [0.1, 0.15) is 57.0 Å². The lowest BCUT2D eigenvalue weighted by molar-refractivity contribution is -0.131. The summed E-state index contributed by atoms with van der Waals surface area (Å²) >= 11 is 1.74. The van der Waals surface area contributed by atoms with E-state index in [2.05, 4.69) is 41.6 Å². The lowest BCUT2D eigenvalue weighted by Gasteiger charge is -2.32. The van der Waals surface area contributed by atoms with Gasteiger partial charge in [-0.2, -0.15) is 0 Å². The van der Waals surface area contributed by atoms with Crippen LogP contribution in [0, 0.1) is 11.8 Å². The molecule has 4 heteroatoms. The zero-order valence-electron chi connectivity index (χ0n) is 13.0. The predicted octanol–water partition coefficient (Wildman–Crippen LogP) is 3.78. The molecule has 1 amide bonds. The molecular formula is C17H26N2OS. The Morgan fingerprint density at radius 3 is 2.95 bits per heavy atom. The predicted molar refractivity (Wildman–Crippen MR) is 87.1 cm³/mol. The highest BCUT2D eigenvalue weighted by molar-refractivity contribution is 7.10. The van der Waals surface area contributed by atoms with Gasteiger partial charge in [0.05, 0.1) is 6.04 Å². The van der Waals surface area contributed by atoms with Crippen molar-refractivity contribution in [3.05, 3.63) is 22.4 Å². The first-order valence-corrected chi connectivity index (χ1v) is 9.17. The van der Waals surface area contributed by atoms with Crippen LogP contribution in [0.4, 0.5) is 0 Å². The second kappa shape index (κ2) is 6.49. The number of hydrogen-bond acceptors (Lipinski definition) is 3. The molecule has 3 nitrogen and oxygen atoms in total. The zero-order valence-corrected chi connectivity index (χ0v) is 13.9. The summed E-state index contributed by atoms with van der Waals surface area (Å²) in [6, 6.07) is 4.22. The lowest BCUT2D eigenvalue weighted by atomic mass is 9.82. The number of rotatable bonds is 4. The smallest absolute Gasteiger partial charge is 0.241 e. The van der Waals surface area contributed by atoms with E-state index in [1.807, 2.05) is 0 Å². The van der Waals surface area contributed by atoms with Crippen LogP contribution >= 0.6 is 11.3 Å². The molecule has 1 aliphatic heterocycles. The van der Waals surface area contributed by atoms with Crippen LogP contribution in [0.3, 0.4) is 0 Å². The molecule has 2 aliphatic rings. The second-order valence-electron chi connectivity index (χ2n) is 6.67. The highest BCUT2D eigenvalue weighted by Gasteiger charge is 2.40. The van der Waals surface area contributed by atoms with E-state index in [-0.39, 0.29) is 12.2 Å². The summed E-state index contributed by atoms with van der Waals surface area (Å²) in [4.78, 5) is 16.0. The molecule has 116 valence electrons. The number of amides is 1. The summed E-state index contributed by atoms with van der Waals surface area (Å²) in [7, 11) is 0. The van der Waals surface area contributed by atoms with Crippen LogP contribution in [0.5, 0.6) is 0 Å². The van der Waals surface area contributed by atoms with Crippen LogP contribution in [0.2, 0.25) is 0 Å². The molecule has 1 aromatic heterocycles. The van der Waals surface area contributed by atoms with Gasteiger partial charge in [-0.15, -0.1) is 11.3 Å². The molecule has 2 heterocycles. The molecule has 3 rings (SSSR count). The van der Waals surface area contributed by atoms with Crippen molar-refractivity contribution < 1.29 is 4.79 Å². The van der Waals surface area contributed by atoms with E-state index < -0.39 is 0 Å². The van der Waals surface area contributed by atoms with Crippen molar-refractivity contribution in [1.29, 1.82) is 0 Å². The van der Waals surface area contributed by atoms with E-state index in [0.29, 0.717) is 11.8 Å². The van der Waals surface area contributed by atoms with Gasteiger partial charge < -0.3 is 4.90 Å². The Labute approximate surface area is 131 Å². The monoisotopic (exact) mass is 306 g/mol. The first-order chi connectivity index (χ1) is 10.2. The van der Waals surface area contributed by atoms with Gasteiger partial charge in [0.1, 0.15) is 6.17 Å². The molecule has 0 aromatic carbocycles. The summed E-state index contributed by atoms with van der Waals surface area (Å²) < 4.78 is 0. The number of nitrogens with zero attached hydrogens (tertiary/aromatic N) is 1. The number of nitrogens with one attached hydrogen (secondary N) is 1. The standard InChI is InChI=1S/C17H26N2OS/c1-3-14-17(20)19(11-13-7-4-6-12(2)10-13)16(18-14)15-8-5-9-21-15/h5,8-9,12-14,16,18H,3-4,6-7,10-11H2,1-2H3. The Morgan fingerprint density at radius 1 is 1.43 bits per heavy atom. The minimum absolute atomic E-state index is 0.00175. The van der Waals surface area contributed by atoms with Gasteiger partial charge >= 0.3 is 0 Å². The maximum Gasteiger partial charge on any atom is 0.241 e. The van der Waals surface area contributed by atoms with Gasteiger partial charge in [0.15, 0.2) is 0 Å². The zero-order chi connectivity index (χ0) is 14.8. The van der Waals surface area contributed by atoms with Gasteiger partial charge in [-0.25, -0.2) is 0 Å². The minimum atomic E-state index is -0.00175. The first-order valence-electron chi connectivity index (χ1n) is 8.29. The third-order valence-corrected chi connectivity index (χ3v) is 5.90. The van der Waals surface area contributed by atoms with E-state index in [1.165, 1.54) is 30.6 Å². The van der Waals surface area contributed by atoms with E-state index in [9.17, 15) is 4.79 Å². The fourth-order valence-electron chi connectivity index (χ4n) is 3.85. The summed E-state index contributed by atoms with van der Waals surface area (Å²) in [6.07, 6.45) is 6.20. The minimum Gasteiger partial charge on any atom is -0.320 e. The van der Waals surface area contributed by atoms with Gasteiger partial charge in [-0.1, -0.05) is 32.8 Å². The van der Waals surface area contributed by atoms with Crippen molar-refractivity contribution in [2.24, 2.45) is 11.8 Å². The quantitative estimate of drug-likeness (QED) is 0.918. The van der Waals surface area contributed by atoms with Crippen molar-refractivity contribution in [1.82, 2.24) is 10.2 Å². The molecule has 1 N–H and O–H groups in total. The molecule has 1 saturated heterocycles. The van der Waals surface area contributed by atoms with Crippen molar-refractivity contribution >= 4 is 17.2 Å². The van der Waals surface area contributed by atoms with Gasteiger partial charge in [0, 0.05) is 11.4 Å². The van der Waals surface area contributed by atoms with Gasteiger partial charge in [-0.05, 0) is 42.5 Å². The van der Waals surface area contributed by atoms with Crippen LogP contribution in [-0.2, 0) is 4.79 Å². The molecule has 4 unspecified atom stereocenters. The molecule has 21 heavy (non-hydrogen) atoms. The Bertz CT molecular complexity index is 473. The van der Waals surface area contributed by atoms with Crippen LogP contribution in [0.15, 0.2) is 17.5 Å². The van der Waals surface area contributed by atoms with Gasteiger partial charge in [-0.3, -0.25) is 10.1 Å². The largest absolute Gasteiger partial charge is 0.320 e.